The van der Waals surface area contributed by atoms with Crippen LogP contribution in [0.3, 0.4) is 0 Å². The van der Waals surface area contributed by atoms with Crippen molar-refractivity contribution in [1.29, 1.82) is 0 Å². The van der Waals surface area contributed by atoms with Crippen LogP contribution < -0.4 is 0 Å². The van der Waals surface area contributed by atoms with Crippen LogP contribution in [0.4, 0.5) is 8.78 Å². The summed E-state index contributed by atoms with van der Waals surface area (Å²) in [5.41, 5.74) is -0.451. The molecule has 0 aliphatic heterocycles. The Morgan fingerprint density at radius 3 is 2.64 bits per heavy atom. The van der Waals surface area contributed by atoms with Crippen molar-refractivity contribution < 1.29 is 18.7 Å². The van der Waals surface area contributed by atoms with Crippen LogP contribution in [0.25, 0.3) is 0 Å². The molecule has 0 aliphatic carbocycles. The van der Waals surface area contributed by atoms with E-state index in [1.165, 1.54) is 13.0 Å². The van der Waals surface area contributed by atoms with Crippen LogP contribution in [0, 0.1) is 12.7 Å². The number of rotatable bonds is 2. The van der Waals surface area contributed by atoms with E-state index in [1.54, 1.807) is 0 Å². The van der Waals surface area contributed by atoms with E-state index in [4.69, 9.17) is 16.7 Å². The number of carbonyl (C=O) groups is 1. The van der Waals surface area contributed by atoms with Crippen molar-refractivity contribution in [3.8, 4) is 0 Å². The first kappa shape index (κ1) is 10.9. The Morgan fingerprint density at radius 1 is 1.57 bits per heavy atom. The number of halogens is 3. The highest BCUT2D eigenvalue weighted by atomic mass is 35.5. The summed E-state index contributed by atoms with van der Waals surface area (Å²) in [4.78, 5) is 10.3. The molecule has 0 amide bonds. The average Bonchev–Trinajstić information content (AvgIpc) is 2.13. The van der Waals surface area contributed by atoms with Crippen molar-refractivity contribution in [3.63, 3.8) is 0 Å². The molecule has 14 heavy (non-hydrogen) atoms. The molecule has 1 aromatic carbocycles. The van der Waals surface area contributed by atoms with Crippen molar-refractivity contribution >= 4 is 17.6 Å². The molecule has 0 aliphatic rings. The van der Waals surface area contributed by atoms with Gasteiger partial charge >= 0.3 is 5.97 Å². The monoisotopic (exact) mass is 220 g/mol. The Morgan fingerprint density at radius 2 is 2.14 bits per heavy atom. The molecule has 0 fully saturated rings. The molecule has 1 unspecified atom stereocenters. The van der Waals surface area contributed by atoms with Gasteiger partial charge in [-0.15, -0.1) is 0 Å². The van der Waals surface area contributed by atoms with Gasteiger partial charge in [-0.05, 0) is 13.0 Å². The first-order valence-electron chi connectivity index (χ1n) is 3.76. The van der Waals surface area contributed by atoms with Gasteiger partial charge in [0.2, 0.25) is 6.17 Å². The van der Waals surface area contributed by atoms with Gasteiger partial charge in [0.15, 0.2) is 0 Å². The largest absolute Gasteiger partial charge is 0.479 e. The second-order valence-electron chi connectivity index (χ2n) is 2.78. The third-order valence-electron chi connectivity index (χ3n) is 1.84. The number of carboxylic acids is 1. The van der Waals surface area contributed by atoms with Crippen molar-refractivity contribution in [3.05, 3.63) is 34.1 Å². The summed E-state index contributed by atoms with van der Waals surface area (Å²) in [7, 11) is 0. The SMILES string of the molecule is Cc1c(Cl)ccc(C(F)C(=O)O)c1F. The van der Waals surface area contributed by atoms with Gasteiger partial charge in [0, 0.05) is 16.1 Å². The summed E-state index contributed by atoms with van der Waals surface area (Å²) in [6, 6.07) is 2.30. The number of hydrogen-bond acceptors (Lipinski definition) is 1. The van der Waals surface area contributed by atoms with Gasteiger partial charge in [-0.25, -0.2) is 13.6 Å². The van der Waals surface area contributed by atoms with Gasteiger partial charge in [0.05, 0.1) is 0 Å². The summed E-state index contributed by atoms with van der Waals surface area (Å²) >= 11 is 5.56. The van der Waals surface area contributed by atoms with E-state index in [0.29, 0.717) is 0 Å². The summed E-state index contributed by atoms with van der Waals surface area (Å²) < 4.78 is 26.2. The molecule has 0 saturated carbocycles. The van der Waals surface area contributed by atoms with Crippen LogP contribution in [0.15, 0.2) is 12.1 Å². The molecule has 0 heterocycles. The lowest BCUT2D eigenvalue weighted by Crippen LogP contribution is -2.08. The van der Waals surface area contributed by atoms with E-state index in [-0.39, 0.29) is 10.6 Å². The van der Waals surface area contributed by atoms with E-state index in [0.717, 1.165) is 6.07 Å². The maximum atomic E-state index is 13.3. The summed E-state index contributed by atoms with van der Waals surface area (Å²) in [5, 5.41) is 8.49. The molecule has 0 saturated heterocycles. The summed E-state index contributed by atoms with van der Waals surface area (Å²) in [6.45, 7) is 1.36. The number of carboxylic acid groups (broad SMARTS) is 1. The highest BCUT2D eigenvalue weighted by Crippen LogP contribution is 2.27. The lowest BCUT2D eigenvalue weighted by atomic mass is 10.1. The lowest BCUT2D eigenvalue weighted by molar-refractivity contribution is -0.143. The Balaban J connectivity index is 3.24. The Labute approximate surface area is 84.1 Å². The molecular weight excluding hydrogens is 214 g/mol. The smallest absolute Gasteiger partial charge is 0.343 e. The molecule has 0 radical (unpaired) electrons. The zero-order valence-corrected chi connectivity index (χ0v) is 7.98. The van der Waals surface area contributed by atoms with E-state index in [9.17, 15) is 13.6 Å². The second-order valence-corrected chi connectivity index (χ2v) is 3.18. The van der Waals surface area contributed by atoms with Gasteiger partial charge in [0.25, 0.3) is 0 Å². The number of alkyl halides is 1. The van der Waals surface area contributed by atoms with E-state index in [2.05, 4.69) is 0 Å². The molecule has 1 aromatic rings. The van der Waals surface area contributed by atoms with Crippen molar-refractivity contribution in [2.24, 2.45) is 0 Å². The Kier molecular flexibility index (Phi) is 3.06. The zero-order chi connectivity index (χ0) is 10.9. The fourth-order valence-corrected chi connectivity index (χ4v) is 1.16. The minimum absolute atomic E-state index is 0.0491. The first-order valence-corrected chi connectivity index (χ1v) is 4.14. The predicted octanol–water partition coefficient (Wildman–Crippen LogP) is 2.88. The van der Waals surface area contributed by atoms with Crippen LogP contribution in [0.5, 0.6) is 0 Å². The van der Waals surface area contributed by atoms with Crippen LogP contribution in [0.1, 0.15) is 17.3 Å². The Bertz CT molecular complexity index is 379. The standard InChI is InChI=1S/C9H7ClF2O2/c1-4-6(10)3-2-5(7(4)11)8(12)9(13)14/h2-3,8H,1H3,(H,13,14). The molecule has 2 nitrogen and oxygen atoms in total. The number of aliphatic carboxylic acids is 1. The minimum atomic E-state index is -2.36. The quantitative estimate of drug-likeness (QED) is 0.832. The predicted molar refractivity (Wildman–Crippen MR) is 47.6 cm³/mol. The van der Waals surface area contributed by atoms with Gasteiger partial charge in [-0.3, -0.25) is 0 Å². The minimum Gasteiger partial charge on any atom is -0.479 e. The maximum Gasteiger partial charge on any atom is 0.343 e. The van der Waals surface area contributed by atoms with Gasteiger partial charge < -0.3 is 5.11 Å². The van der Waals surface area contributed by atoms with E-state index >= 15 is 0 Å². The van der Waals surface area contributed by atoms with Crippen LogP contribution in [0.2, 0.25) is 5.02 Å². The average molecular weight is 221 g/mol. The van der Waals surface area contributed by atoms with Crippen molar-refractivity contribution in [1.82, 2.24) is 0 Å². The second kappa shape index (κ2) is 3.92. The fourth-order valence-electron chi connectivity index (χ4n) is 1.01. The van der Waals surface area contributed by atoms with E-state index in [1.807, 2.05) is 0 Å². The van der Waals surface area contributed by atoms with Crippen LogP contribution >= 0.6 is 11.6 Å². The molecule has 1 atom stereocenters. The van der Waals surface area contributed by atoms with Gasteiger partial charge in [0.1, 0.15) is 5.82 Å². The number of benzene rings is 1. The lowest BCUT2D eigenvalue weighted by Gasteiger charge is -2.07. The van der Waals surface area contributed by atoms with E-state index < -0.39 is 23.5 Å². The summed E-state index contributed by atoms with van der Waals surface area (Å²) in [6.07, 6.45) is -2.36. The highest BCUT2D eigenvalue weighted by Gasteiger charge is 2.23. The van der Waals surface area contributed by atoms with Crippen LogP contribution in [-0.2, 0) is 4.79 Å². The third kappa shape index (κ3) is 1.85. The van der Waals surface area contributed by atoms with Crippen LogP contribution in [-0.4, -0.2) is 11.1 Å². The third-order valence-corrected chi connectivity index (χ3v) is 2.25. The summed E-state index contributed by atoms with van der Waals surface area (Å²) in [5.74, 6) is -2.63. The molecule has 0 spiro atoms. The van der Waals surface area contributed by atoms with Gasteiger partial charge in [-0.1, -0.05) is 17.7 Å². The Hall–Kier alpha value is -1.16. The first-order chi connectivity index (χ1) is 6.45. The molecule has 1 N–H and O–H groups in total. The highest BCUT2D eigenvalue weighted by molar-refractivity contribution is 6.31. The fraction of sp³-hybridized carbons (Fsp3) is 0.222. The molecule has 76 valence electrons. The van der Waals surface area contributed by atoms with Crippen molar-refractivity contribution in [2.45, 2.75) is 13.1 Å². The van der Waals surface area contributed by atoms with Gasteiger partial charge in [-0.2, -0.15) is 0 Å². The molecular formula is C9H7ClF2O2. The molecule has 1 rings (SSSR count). The van der Waals surface area contributed by atoms with Crippen molar-refractivity contribution in [2.75, 3.05) is 0 Å². The molecule has 0 aromatic heterocycles. The normalized spacial score (nSPS) is 12.6. The molecule has 5 heteroatoms. The molecule has 0 bridgehead atoms. The zero-order valence-electron chi connectivity index (χ0n) is 7.22. The maximum absolute atomic E-state index is 13.3. The number of hydrogen-bond donors (Lipinski definition) is 1. The topological polar surface area (TPSA) is 37.3 Å².